The van der Waals surface area contributed by atoms with Gasteiger partial charge in [-0.25, -0.2) is 0 Å². The van der Waals surface area contributed by atoms with Crippen LogP contribution >= 0.6 is 11.6 Å². The van der Waals surface area contributed by atoms with Gasteiger partial charge in [-0.1, -0.05) is 29.3 Å². The van der Waals surface area contributed by atoms with Gasteiger partial charge in [0.2, 0.25) is 0 Å². The minimum absolute atomic E-state index is 0.311. The summed E-state index contributed by atoms with van der Waals surface area (Å²) in [6.07, 6.45) is -0.693. The first-order chi connectivity index (χ1) is 6.43. The lowest BCUT2D eigenvalue weighted by atomic mass is 9.99. The van der Waals surface area contributed by atoms with Crippen LogP contribution in [-0.2, 0) is 0 Å². The smallest absolute Gasteiger partial charge is 0.0952 e. The SMILES string of the molecule is Cc1cc(C)c(Cl)c(C(O)C(C)N)c1. The second-order valence-electron chi connectivity index (χ2n) is 3.79. The minimum Gasteiger partial charge on any atom is -0.387 e. The topological polar surface area (TPSA) is 46.2 Å². The Kier molecular flexibility index (Phi) is 3.53. The highest BCUT2D eigenvalue weighted by Gasteiger charge is 2.17. The van der Waals surface area contributed by atoms with Crippen LogP contribution in [0.2, 0.25) is 5.02 Å². The van der Waals surface area contributed by atoms with E-state index < -0.39 is 6.10 Å². The Morgan fingerprint density at radius 2 is 1.93 bits per heavy atom. The molecule has 1 rings (SSSR count). The lowest BCUT2D eigenvalue weighted by molar-refractivity contribution is 0.153. The summed E-state index contributed by atoms with van der Waals surface area (Å²) in [6, 6.07) is 3.55. The largest absolute Gasteiger partial charge is 0.387 e. The molecule has 78 valence electrons. The van der Waals surface area contributed by atoms with E-state index in [1.165, 1.54) is 0 Å². The molecule has 3 N–H and O–H groups in total. The highest BCUT2D eigenvalue weighted by Crippen LogP contribution is 2.28. The number of halogens is 1. The van der Waals surface area contributed by atoms with Crippen molar-refractivity contribution in [3.63, 3.8) is 0 Å². The molecule has 0 fully saturated rings. The third kappa shape index (κ3) is 2.27. The van der Waals surface area contributed by atoms with Crippen LogP contribution in [0.15, 0.2) is 12.1 Å². The molecule has 0 bridgehead atoms. The summed E-state index contributed by atoms with van der Waals surface area (Å²) in [4.78, 5) is 0. The maximum absolute atomic E-state index is 9.82. The van der Waals surface area contributed by atoms with Gasteiger partial charge in [0.05, 0.1) is 6.10 Å². The van der Waals surface area contributed by atoms with Crippen molar-refractivity contribution < 1.29 is 5.11 Å². The Morgan fingerprint density at radius 1 is 1.36 bits per heavy atom. The first kappa shape index (κ1) is 11.5. The number of benzene rings is 1. The molecule has 0 heterocycles. The van der Waals surface area contributed by atoms with Crippen molar-refractivity contribution in [1.82, 2.24) is 0 Å². The average molecular weight is 214 g/mol. The molecule has 3 heteroatoms. The van der Waals surface area contributed by atoms with Crippen molar-refractivity contribution in [3.05, 3.63) is 33.8 Å². The quantitative estimate of drug-likeness (QED) is 0.792. The van der Waals surface area contributed by atoms with Crippen LogP contribution < -0.4 is 5.73 Å². The van der Waals surface area contributed by atoms with Crippen molar-refractivity contribution in [2.45, 2.75) is 32.9 Å². The van der Waals surface area contributed by atoms with E-state index in [1.54, 1.807) is 6.92 Å². The van der Waals surface area contributed by atoms with Crippen molar-refractivity contribution in [2.24, 2.45) is 5.73 Å². The second-order valence-corrected chi connectivity index (χ2v) is 4.17. The molecular weight excluding hydrogens is 198 g/mol. The van der Waals surface area contributed by atoms with Crippen molar-refractivity contribution in [2.75, 3.05) is 0 Å². The van der Waals surface area contributed by atoms with Gasteiger partial charge in [0.25, 0.3) is 0 Å². The molecule has 0 saturated carbocycles. The molecule has 0 aliphatic heterocycles. The Labute approximate surface area is 89.7 Å². The molecule has 1 aromatic carbocycles. The summed E-state index contributed by atoms with van der Waals surface area (Å²) in [5, 5.41) is 10.4. The molecule has 2 atom stereocenters. The summed E-state index contributed by atoms with van der Waals surface area (Å²) < 4.78 is 0. The van der Waals surface area contributed by atoms with E-state index in [0.717, 1.165) is 16.7 Å². The van der Waals surface area contributed by atoms with Gasteiger partial charge in [0, 0.05) is 16.6 Å². The van der Waals surface area contributed by atoms with Gasteiger partial charge in [0.15, 0.2) is 0 Å². The van der Waals surface area contributed by atoms with Gasteiger partial charge in [-0.3, -0.25) is 0 Å². The number of hydrogen-bond acceptors (Lipinski definition) is 2. The molecule has 2 nitrogen and oxygen atoms in total. The number of rotatable bonds is 2. The first-order valence-electron chi connectivity index (χ1n) is 4.63. The number of hydrogen-bond donors (Lipinski definition) is 2. The zero-order valence-electron chi connectivity index (χ0n) is 8.71. The van der Waals surface area contributed by atoms with Crippen LogP contribution in [0.4, 0.5) is 0 Å². The van der Waals surface area contributed by atoms with Gasteiger partial charge in [-0.2, -0.15) is 0 Å². The van der Waals surface area contributed by atoms with Gasteiger partial charge < -0.3 is 10.8 Å². The Hall–Kier alpha value is -0.570. The van der Waals surface area contributed by atoms with Crippen LogP contribution in [0.1, 0.15) is 29.7 Å². The van der Waals surface area contributed by atoms with Gasteiger partial charge >= 0.3 is 0 Å². The third-order valence-electron chi connectivity index (χ3n) is 2.24. The van der Waals surface area contributed by atoms with E-state index in [4.69, 9.17) is 17.3 Å². The molecule has 14 heavy (non-hydrogen) atoms. The van der Waals surface area contributed by atoms with E-state index >= 15 is 0 Å². The molecule has 0 saturated heterocycles. The summed E-state index contributed by atoms with van der Waals surface area (Å²) in [5.41, 5.74) is 8.41. The lowest BCUT2D eigenvalue weighted by Crippen LogP contribution is -2.24. The van der Waals surface area contributed by atoms with Gasteiger partial charge in [-0.05, 0) is 26.3 Å². The fourth-order valence-corrected chi connectivity index (χ4v) is 1.70. The van der Waals surface area contributed by atoms with E-state index in [0.29, 0.717) is 5.02 Å². The zero-order chi connectivity index (χ0) is 10.9. The highest BCUT2D eigenvalue weighted by molar-refractivity contribution is 6.32. The standard InChI is InChI=1S/C11H16ClNO/c1-6-4-7(2)10(12)9(5-6)11(14)8(3)13/h4-5,8,11,14H,13H2,1-3H3. The number of nitrogens with two attached hydrogens (primary N) is 1. The average Bonchev–Trinajstić information content (AvgIpc) is 2.09. The molecule has 2 unspecified atom stereocenters. The normalized spacial score (nSPS) is 15.3. The van der Waals surface area contributed by atoms with Crippen LogP contribution in [0.5, 0.6) is 0 Å². The second kappa shape index (κ2) is 4.30. The van der Waals surface area contributed by atoms with Gasteiger partial charge in [0.1, 0.15) is 0 Å². The molecular formula is C11H16ClNO. The Bertz CT molecular complexity index is 336. The predicted molar refractivity (Wildman–Crippen MR) is 59.5 cm³/mol. The van der Waals surface area contributed by atoms with Crippen LogP contribution in [-0.4, -0.2) is 11.1 Å². The molecule has 0 spiro atoms. The summed E-state index contributed by atoms with van der Waals surface area (Å²) in [7, 11) is 0. The number of aryl methyl sites for hydroxylation is 2. The van der Waals surface area contributed by atoms with Crippen molar-refractivity contribution in [1.29, 1.82) is 0 Å². The summed E-state index contributed by atoms with van der Waals surface area (Å²) in [6.45, 7) is 5.66. The summed E-state index contributed by atoms with van der Waals surface area (Å²) in [5.74, 6) is 0. The Balaban J connectivity index is 3.20. The molecule has 0 aromatic heterocycles. The number of aliphatic hydroxyl groups is 1. The van der Waals surface area contributed by atoms with E-state index in [1.807, 2.05) is 26.0 Å². The Morgan fingerprint density at radius 3 is 2.43 bits per heavy atom. The van der Waals surface area contributed by atoms with Crippen LogP contribution in [0.3, 0.4) is 0 Å². The maximum Gasteiger partial charge on any atom is 0.0952 e. The van der Waals surface area contributed by atoms with Crippen molar-refractivity contribution >= 4 is 11.6 Å². The first-order valence-corrected chi connectivity index (χ1v) is 5.01. The van der Waals surface area contributed by atoms with E-state index in [-0.39, 0.29) is 6.04 Å². The predicted octanol–water partition coefficient (Wildman–Crippen LogP) is 2.34. The lowest BCUT2D eigenvalue weighted by Gasteiger charge is -2.18. The number of aliphatic hydroxyl groups excluding tert-OH is 1. The molecule has 1 aromatic rings. The fourth-order valence-electron chi connectivity index (χ4n) is 1.48. The van der Waals surface area contributed by atoms with Crippen LogP contribution in [0.25, 0.3) is 0 Å². The molecule has 0 amide bonds. The summed E-state index contributed by atoms with van der Waals surface area (Å²) >= 11 is 6.09. The zero-order valence-corrected chi connectivity index (χ0v) is 9.47. The van der Waals surface area contributed by atoms with E-state index in [9.17, 15) is 5.11 Å². The van der Waals surface area contributed by atoms with Crippen molar-refractivity contribution in [3.8, 4) is 0 Å². The van der Waals surface area contributed by atoms with Gasteiger partial charge in [-0.15, -0.1) is 0 Å². The van der Waals surface area contributed by atoms with Crippen LogP contribution in [0, 0.1) is 13.8 Å². The third-order valence-corrected chi connectivity index (χ3v) is 2.76. The van der Waals surface area contributed by atoms with E-state index in [2.05, 4.69) is 0 Å². The monoisotopic (exact) mass is 213 g/mol. The fraction of sp³-hybridized carbons (Fsp3) is 0.455. The minimum atomic E-state index is -0.693. The highest BCUT2D eigenvalue weighted by atomic mass is 35.5. The molecule has 0 radical (unpaired) electrons. The molecule has 0 aliphatic rings. The maximum atomic E-state index is 9.82. The molecule has 0 aliphatic carbocycles.